The van der Waals surface area contributed by atoms with Crippen LogP contribution in [0.1, 0.15) is 37.0 Å². The fourth-order valence-corrected chi connectivity index (χ4v) is 4.54. The lowest BCUT2D eigenvalue weighted by Crippen LogP contribution is -2.16. The van der Waals surface area contributed by atoms with Gasteiger partial charge in [-0.3, -0.25) is 0 Å². The Bertz CT molecular complexity index is 911. The average Bonchev–Trinajstić information content (AvgIpc) is 3.10. The van der Waals surface area contributed by atoms with Crippen LogP contribution < -0.4 is 28.4 Å². The molecule has 7 heteroatoms. The third-order valence-corrected chi connectivity index (χ3v) is 6.05. The van der Waals surface area contributed by atoms with Gasteiger partial charge in [0.2, 0.25) is 0 Å². The van der Waals surface area contributed by atoms with Crippen molar-refractivity contribution in [1.29, 1.82) is 0 Å². The van der Waals surface area contributed by atoms with E-state index in [0.717, 1.165) is 16.9 Å². The van der Waals surface area contributed by atoms with E-state index in [9.17, 15) is 0 Å². The van der Waals surface area contributed by atoms with E-state index >= 15 is 0 Å². The molecule has 0 bridgehead atoms. The Hall–Kier alpha value is -2.80. The highest BCUT2D eigenvalue weighted by molar-refractivity contribution is 5.54. The summed E-state index contributed by atoms with van der Waals surface area (Å²) in [4.78, 5) is 0. The standard InChI is InChI=1S/C24H32O7/c1-13-23(15-9-19(27-5)21(29-7)11-17(15)25-3)14(2)31-24(13)16-10-20(28-6)22(30-8)12-18(16)26-4/h9-14,23-24H,1-8H3/t13-,14-,23+,24+/m0/s1. The van der Waals surface area contributed by atoms with Crippen molar-refractivity contribution in [3.8, 4) is 34.5 Å². The van der Waals surface area contributed by atoms with Crippen molar-refractivity contribution in [2.75, 3.05) is 42.7 Å². The first-order valence-electron chi connectivity index (χ1n) is 10.2. The highest BCUT2D eigenvalue weighted by Crippen LogP contribution is 2.53. The molecule has 2 aromatic rings. The predicted octanol–water partition coefficient (Wildman–Crippen LogP) is 4.62. The highest BCUT2D eigenvalue weighted by Gasteiger charge is 2.44. The molecule has 3 rings (SSSR count). The minimum absolute atomic E-state index is 0.0650. The van der Waals surface area contributed by atoms with Gasteiger partial charge < -0.3 is 33.2 Å². The van der Waals surface area contributed by atoms with Crippen LogP contribution >= 0.6 is 0 Å². The molecule has 0 aliphatic carbocycles. The summed E-state index contributed by atoms with van der Waals surface area (Å²) in [6.07, 6.45) is -0.266. The lowest BCUT2D eigenvalue weighted by Gasteiger charge is -2.24. The number of hydrogen-bond acceptors (Lipinski definition) is 7. The van der Waals surface area contributed by atoms with Crippen LogP contribution in [0.2, 0.25) is 0 Å². The molecule has 0 amide bonds. The van der Waals surface area contributed by atoms with Gasteiger partial charge in [-0.15, -0.1) is 0 Å². The maximum atomic E-state index is 6.47. The van der Waals surface area contributed by atoms with Gasteiger partial charge in [-0.05, 0) is 25.0 Å². The molecule has 0 unspecified atom stereocenters. The van der Waals surface area contributed by atoms with Crippen LogP contribution in [0, 0.1) is 5.92 Å². The molecule has 31 heavy (non-hydrogen) atoms. The van der Waals surface area contributed by atoms with E-state index in [2.05, 4.69) is 13.8 Å². The van der Waals surface area contributed by atoms with E-state index in [1.54, 1.807) is 42.7 Å². The number of rotatable bonds is 8. The van der Waals surface area contributed by atoms with Crippen LogP contribution in [-0.2, 0) is 4.74 Å². The van der Waals surface area contributed by atoms with Gasteiger partial charge in [-0.25, -0.2) is 0 Å². The molecular formula is C24H32O7. The topological polar surface area (TPSA) is 64.6 Å². The molecule has 7 nitrogen and oxygen atoms in total. The lowest BCUT2D eigenvalue weighted by atomic mass is 9.81. The monoisotopic (exact) mass is 432 g/mol. The summed E-state index contributed by atoms with van der Waals surface area (Å²) in [5, 5.41) is 0. The minimum atomic E-state index is -0.201. The van der Waals surface area contributed by atoms with Crippen molar-refractivity contribution in [2.24, 2.45) is 5.92 Å². The molecule has 1 saturated heterocycles. The molecule has 0 aromatic heterocycles. The van der Waals surface area contributed by atoms with Crippen LogP contribution in [0.25, 0.3) is 0 Å². The number of ether oxygens (including phenoxy) is 7. The van der Waals surface area contributed by atoms with Crippen molar-refractivity contribution >= 4 is 0 Å². The molecule has 1 aliphatic heterocycles. The first kappa shape index (κ1) is 22.9. The van der Waals surface area contributed by atoms with Gasteiger partial charge >= 0.3 is 0 Å². The SMILES string of the molecule is COc1cc(OC)c([C@@H]2[C@H](C)[C@H](c3cc(OC)c(OC)cc3OC)O[C@H]2C)cc1OC. The molecule has 170 valence electrons. The smallest absolute Gasteiger partial charge is 0.164 e. The Morgan fingerprint density at radius 3 is 1.39 bits per heavy atom. The fourth-order valence-electron chi connectivity index (χ4n) is 4.54. The zero-order valence-electron chi connectivity index (χ0n) is 19.5. The summed E-state index contributed by atoms with van der Waals surface area (Å²) in [6.45, 7) is 4.25. The highest BCUT2D eigenvalue weighted by atomic mass is 16.5. The molecule has 1 aliphatic rings. The summed E-state index contributed by atoms with van der Waals surface area (Å²) in [6, 6.07) is 7.60. The van der Waals surface area contributed by atoms with Gasteiger partial charge in [-0.1, -0.05) is 6.92 Å². The van der Waals surface area contributed by atoms with Crippen LogP contribution in [0.3, 0.4) is 0 Å². The summed E-state index contributed by atoms with van der Waals surface area (Å²) in [5.41, 5.74) is 1.93. The molecule has 0 N–H and O–H groups in total. The Morgan fingerprint density at radius 1 is 0.548 bits per heavy atom. The van der Waals surface area contributed by atoms with Crippen molar-refractivity contribution in [3.05, 3.63) is 35.4 Å². The van der Waals surface area contributed by atoms with Crippen LogP contribution in [0.15, 0.2) is 24.3 Å². The minimum Gasteiger partial charge on any atom is -0.496 e. The average molecular weight is 433 g/mol. The Kier molecular flexibility index (Phi) is 7.05. The number of benzene rings is 2. The molecule has 2 aromatic carbocycles. The molecule has 0 saturated carbocycles. The lowest BCUT2D eigenvalue weighted by molar-refractivity contribution is 0.0415. The third-order valence-electron chi connectivity index (χ3n) is 6.05. The van der Waals surface area contributed by atoms with E-state index in [-0.39, 0.29) is 24.0 Å². The first-order chi connectivity index (χ1) is 14.9. The Balaban J connectivity index is 2.06. The van der Waals surface area contributed by atoms with Gasteiger partial charge in [0.15, 0.2) is 23.0 Å². The van der Waals surface area contributed by atoms with Gasteiger partial charge in [0.25, 0.3) is 0 Å². The first-order valence-corrected chi connectivity index (χ1v) is 10.2. The van der Waals surface area contributed by atoms with Gasteiger partial charge in [0, 0.05) is 29.2 Å². The van der Waals surface area contributed by atoms with Crippen LogP contribution in [-0.4, -0.2) is 48.8 Å². The zero-order chi connectivity index (χ0) is 22.7. The second-order valence-corrected chi connectivity index (χ2v) is 7.54. The molecular weight excluding hydrogens is 400 g/mol. The zero-order valence-corrected chi connectivity index (χ0v) is 19.5. The number of methoxy groups -OCH3 is 6. The maximum Gasteiger partial charge on any atom is 0.164 e. The van der Waals surface area contributed by atoms with Crippen molar-refractivity contribution in [2.45, 2.75) is 32.0 Å². The molecule has 4 atom stereocenters. The van der Waals surface area contributed by atoms with E-state index in [1.165, 1.54) is 0 Å². The predicted molar refractivity (Wildman–Crippen MR) is 117 cm³/mol. The van der Waals surface area contributed by atoms with E-state index in [0.29, 0.717) is 28.7 Å². The van der Waals surface area contributed by atoms with Gasteiger partial charge in [0.1, 0.15) is 11.5 Å². The molecule has 0 radical (unpaired) electrons. The fraction of sp³-hybridized carbons (Fsp3) is 0.500. The Morgan fingerprint density at radius 2 is 0.935 bits per heavy atom. The van der Waals surface area contributed by atoms with Crippen LogP contribution in [0.4, 0.5) is 0 Å². The summed E-state index contributed by atoms with van der Waals surface area (Å²) < 4.78 is 39.7. The molecule has 1 heterocycles. The van der Waals surface area contributed by atoms with Crippen LogP contribution in [0.5, 0.6) is 34.5 Å². The van der Waals surface area contributed by atoms with Crippen molar-refractivity contribution < 1.29 is 33.2 Å². The Labute approximate surface area is 184 Å². The van der Waals surface area contributed by atoms with Gasteiger partial charge in [-0.2, -0.15) is 0 Å². The summed E-state index contributed by atoms with van der Waals surface area (Å²) >= 11 is 0. The normalized spacial score (nSPS) is 22.7. The maximum absolute atomic E-state index is 6.47. The second-order valence-electron chi connectivity index (χ2n) is 7.54. The van der Waals surface area contributed by atoms with Crippen molar-refractivity contribution in [1.82, 2.24) is 0 Å². The van der Waals surface area contributed by atoms with E-state index < -0.39 is 0 Å². The van der Waals surface area contributed by atoms with E-state index in [1.807, 2.05) is 24.3 Å². The summed E-state index contributed by atoms with van der Waals surface area (Å²) in [5.74, 6) is 4.15. The quantitative estimate of drug-likeness (QED) is 0.603. The van der Waals surface area contributed by atoms with Crippen molar-refractivity contribution in [3.63, 3.8) is 0 Å². The molecule has 1 fully saturated rings. The second kappa shape index (κ2) is 9.56. The third kappa shape index (κ3) is 4.06. The largest absolute Gasteiger partial charge is 0.496 e. The van der Waals surface area contributed by atoms with E-state index in [4.69, 9.17) is 33.2 Å². The summed E-state index contributed by atoms with van der Waals surface area (Å²) in [7, 11) is 9.76. The number of hydrogen-bond donors (Lipinski definition) is 0. The van der Waals surface area contributed by atoms with Gasteiger partial charge in [0.05, 0.1) is 54.9 Å². The molecule has 0 spiro atoms.